The zero-order valence-corrected chi connectivity index (χ0v) is 14.0. The van der Waals surface area contributed by atoms with E-state index in [2.05, 4.69) is 32.6 Å². The number of hydrogen-bond donors (Lipinski definition) is 0. The van der Waals surface area contributed by atoms with E-state index < -0.39 is 0 Å². The third-order valence-electron chi connectivity index (χ3n) is 4.52. The lowest BCUT2D eigenvalue weighted by Gasteiger charge is -2.15. The van der Waals surface area contributed by atoms with Crippen LogP contribution in [0.15, 0.2) is 41.1 Å². The minimum atomic E-state index is -0.132. The van der Waals surface area contributed by atoms with E-state index in [0.29, 0.717) is 30.5 Å². The Hall–Kier alpha value is -3.03. The maximum absolute atomic E-state index is 12.8. The predicted octanol–water partition coefficient (Wildman–Crippen LogP) is 1.53. The number of aryl methyl sites for hydroxylation is 2. The van der Waals surface area contributed by atoms with E-state index in [9.17, 15) is 4.79 Å². The Bertz CT molecular complexity index is 887. The molecule has 2 aromatic heterocycles. The van der Waals surface area contributed by atoms with Gasteiger partial charge in [-0.3, -0.25) is 9.48 Å². The van der Waals surface area contributed by atoms with E-state index in [1.54, 1.807) is 25.1 Å². The first kappa shape index (κ1) is 15.5. The van der Waals surface area contributed by atoms with Gasteiger partial charge in [-0.05, 0) is 12.5 Å². The summed E-state index contributed by atoms with van der Waals surface area (Å²) in [6.07, 6.45) is 1.63. The Labute approximate surface area is 144 Å². The largest absolute Gasteiger partial charge is 0.339 e. The average Bonchev–Trinajstić information content (AvgIpc) is 3.34. The van der Waals surface area contributed by atoms with Crippen molar-refractivity contribution in [1.29, 1.82) is 0 Å². The summed E-state index contributed by atoms with van der Waals surface area (Å²) >= 11 is 0. The lowest BCUT2D eigenvalue weighted by atomic mass is 9.89. The van der Waals surface area contributed by atoms with Crippen molar-refractivity contribution in [3.05, 3.63) is 59.5 Å². The molecular formula is C17H18N6O2. The van der Waals surface area contributed by atoms with E-state index in [-0.39, 0.29) is 17.7 Å². The monoisotopic (exact) mass is 338 g/mol. The standard InChI is InChI=1S/C17H18N6O2/c1-11-18-16(25-20-11)14-9-23(17(24)15-10-22(2)21-19-15)8-13(14)12-6-4-3-5-7-12/h3-7,10,13-14H,8-9H2,1-2H3/t13-,14-/m1/s1. The van der Waals surface area contributed by atoms with Gasteiger partial charge in [-0.2, -0.15) is 4.98 Å². The van der Waals surface area contributed by atoms with Crippen LogP contribution in [0.1, 0.15) is 39.6 Å². The molecule has 0 spiro atoms. The van der Waals surface area contributed by atoms with Crippen LogP contribution >= 0.6 is 0 Å². The number of amides is 1. The molecule has 1 amide bonds. The summed E-state index contributed by atoms with van der Waals surface area (Å²) < 4.78 is 6.93. The summed E-state index contributed by atoms with van der Waals surface area (Å²) in [5.74, 6) is 1.10. The van der Waals surface area contributed by atoms with Crippen LogP contribution in [-0.2, 0) is 7.05 Å². The second-order valence-electron chi connectivity index (χ2n) is 6.29. The number of carbonyl (C=O) groups is 1. The molecule has 8 heteroatoms. The SMILES string of the molecule is Cc1noc([C@@H]2CN(C(=O)c3cn(C)nn3)C[C@@H]2c2ccccc2)n1. The highest BCUT2D eigenvalue weighted by molar-refractivity contribution is 5.92. The van der Waals surface area contributed by atoms with Gasteiger partial charge >= 0.3 is 0 Å². The summed E-state index contributed by atoms with van der Waals surface area (Å²) in [6, 6.07) is 10.1. The zero-order chi connectivity index (χ0) is 17.4. The smallest absolute Gasteiger partial charge is 0.276 e. The third kappa shape index (κ3) is 2.90. The highest BCUT2D eigenvalue weighted by Crippen LogP contribution is 2.39. The number of rotatable bonds is 3. The number of nitrogens with zero attached hydrogens (tertiary/aromatic N) is 6. The van der Waals surface area contributed by atoms with E-state index >= 15 is 0 Å². The highest BCUT2D eigenvalue weighted by Gasteiger charge is 2.40. The summed E-state index contributed by atoms with van der Waals surface area (Å²) in [6.45, 7) is 2.88. The maximum atomic E-state index is 12.8. The van der Waals surface area contributed by atoms with Crippen LogP contribution in [-0.4, -0.2) is 49.0 Å². The second-order valence-corrected chi connectivity index (χ2v) is 6.29. The van der Waals surface area contributed by atoms with Crippen molar-refractivity contribution in [3.8, 4) is 0 Å². The Balaban J connectivity index is 1.65. The molecule has 2 atom stereocenters. The molecule has 3 aromatic rings. The number of aromatic nitrogens is 5. The summed E-state index contributed by atoms with van der Waals surface area (Å²) in [5.41, 5.74) is 1.49. The molecule has 4 rings (SSSR count). The van der Waals surface area contributed by atoms with Gasteiger partial charge in [-0.1, -0.05) is 40.7 Å². The normalized spacial score (nSPS) is 20.2. The maximum Gasteiger partial charge on any atom is 0.276 e. The average molecular weight is 338 g/mol. The zero-order valence-electron chi connectivity index (χ0n) is 14.0. The highest BCUT2D eigenvalue weighted by atomic mass is 16.5. The third-order valence-corrected chi connectivity index (χ3v) is 4.52. The van der Waals surface area contributed by atoms with Crippen molar-refractivity contribution >= 4 is 5.91 Å². The minimum Gasteiger partial charge on any atom is -0.339 e. The van der Waals surface area contributed by atoms with Crippen LogP contribution in [0.2, 0.25) is 0 Å². The fourth-order valence-corrected chi connectivity index (χ4v) is 3.33. The van der Waals surface area contributed by atoms with Crippen molar-refractivity contribution in [2.75, 3.05) is 13.1 Å². The molecular weight excluding hydrogens is 320 g/mol. The molecule has 0 aliphatic carbocycles. The number of likely N-dealkylation sites (tertiary alicyclic amines) is 1. The van der Waals surface area contributed by atoms with Crippen molar-refractivity contribution in [1.82, 2.24) is 30.0 Å². The fourth-order valence-electron chi connectivity index (χ4n) is 3.33. The fraction of sp³-hybridized carbons (Fsp3) is 0.353. The summed E-state index contributed by atoms with van der Waals surface area (Å²) in [7, 11) is 1.74. The predicted molar refractivity (Wildman–Crippen MR) is 87.9 cm³/mol. The summed E-state index contributed by atoms with van der Waals surface area (Å²) in [4.78, 5) is 18.9. The first-order chi connectivity index (χ1) is 12.1. The van der Waals surface area contributed by atoms with Crippen LogP contribution in [0, 0.1) is 6.92 Å². The molecule has 1 saturated heterocycles. The van der Waals surface area contributed by atoms with Crippen molar-refractivity contribution in [2.24, 2.45) is 7.05 Å². The molecule has 3 heterocycles. The van der Waals surface area contributed by atoms with Crippen LogP contribution in [0.25, 0.3) is 0 Å². The van der Waals surface area contributed by atoms with Crippen molar-refractivity contribution < 1.29 is 9.32 Å². The molecule has 1 aromatic carbocycles. The van der Waals surface area contributed by atoms with Gasteiger partial charge in [0.25, 0.3) is 5.91 Å². The van der Waals surface area contributed by atoms with E-state index in [0.717, 1.165) is 5.56 Å². The minimum absolute atomic E-state index is 0.0378. The number of carbonyl (C=O) groups excluding carboxylic acids is 1. The second kappa shape index (κ2) is 6.12. The lowest BCUT2D eigenvalue weighted by Crippen LogP contribution is -2.29. The van der Waals surface area contributed by atoms with Gasteiger partial charge in [-0.15, -0.1) is 5.10 Å². The summed E-state index contributed by atoms with van der Waals surface area (Å²) in [5, 5.41) is 11.7. The first-order valence-electron chi connectivity index (χ1n) is 8.12. The van der Waals surface area contributed by atoms with Gasteiger partial charge < -0.3 is 9.42 Å². The van der Waals surface area contributed by atoms with Gasteiger partial charge in [0.05, 0.1) is 12.1 Å². The van der Waals surface area contributed by atoms with Crippen LogP contribution in [0.5, 0.6) is 0 Å². The Morgan fingerprint density at radius 2 is 1.96 bits per heavy atom. The first-order valence-corrected chi connectivity index (χ1v) is 8.12. The van der Waals surface area contributed by atoms with Crippen molar-refractivity contribution in [3.63, 3.8) is 0 Å². The number of hydrogen-bond acceptors (Lipinski definition) is 6. The molecule has 1 aliphatic heterocycles. The number of benzene rings is 1. The van der Waals surface area contributed by atoms with E-state index in [1.807, 2.05) is 18.2 Å². The Morgan fingerprint density at radius 1 is 1.20 bits per heavy atom. The molecule has 25 heavy (non-hydrogen) atoms. The van der Waals surface area contributed by atoms with E-state index in [4.69, 9.17) is 4.52 Å². The van der Waals surface area contributed by atoms with Crippen LogP contribution < -0.4 is 0 Å². The van der Waals surface area contributed by atoms with Gasteiger partial charge in [0.15, 0.2) is 11.5 Å². The van der Waals surface area contributed by atoms with Gasteiger partial charge in [0.1, 0.15) is 0 Å². The molecule has 0 saturated carbocycles. The molecule has 0 unspecified atom stereocenters. The van der Waals surface area contributed by atoms with Gasteiger partial charge in [-0.25, -0.2) is 0 Å². The van der Waals surface area contributed by atoms with E-state index in [1.165, 1.54) is 4.68 Å². The Morgan fingerprint density at radius 3 is 2.60 bits per heavy atom. The molecule has 0 bridgehead atoms. The topological polar surface area (TPSA) is 89.9 Å². The molecule has 0 N–H and O–H groups in total. The quantitative estimate of drug-likeness (QED) is 0.719. The molecule has 128 valence electrons. The Kier molecular flexibility index (Phi) is 3.79. The van der Waals surface area contributed by atoms with Crippen LogP contribution in [0.4, 0.5) is 0 Å². The lowest BCUT2D eigenvalue weighted by molar-refractivity contribution is 0.0782. The molecule has 8 nitrogen and oxygen atoms in total. The molecule has 1 aliphatic rings. The van der Waals surface area contributed by atoms with Gasteiger partial charge in [0.2, 0.25) is 5.89 Å². The molecule has 0 radical (unpaired) electrons. The molecule has 1 fully saturated rings. The van der Waals surface area contributed by atoms with Crippen molar-refractivity contribution in [2.45, 2.75) is 18.8 Å². The van der Waals surface area contributed by atoms with Gasteiger partial charge in [0, 0.05) is 26.1 Å². The van der Waals surface area contributed by atoms with Crippen LogP contribution in [0.3, 0.4) is 0 Å².